The Morgan fingerprint density at radius 1 is 1.22 bits per heavy atom. The number of halogens is 3. The smallest absolute Gasteiger partial charge is 0.181 e. The molecule has 0 aliphatic carbocycles. The highest BCUT2D eigenvalue weighted by molar-refractivity contribution is 9.10. The topological polar surface area (TPSA) is 30.5 Å². The van der Waals surface area contributed by atoms with Crippen molar-refractivity contribution < 1.29 is 9.47 Å². The second-order valence-electron chi connectivity index (χ2n) is 4.58. The Balaban J connectivity index is 2.15. The van der Waals surface area contributed by atoms with E-state index in [1.165, 1.54) is 0 Å². The Kier molecular flexibility index (Phi) is 6.47. The molecule has 0 radical (unpaired) electrons. The van der Waals surface area contributed by atoms with E-state index in [0.29, 0.717) is 28.1 Å². The molecule has 0 aliphatic rings. The number of benzene rings is 2. The molecule has 0 saturated heterocycles. The zero-order valence-corrected chi connectivity index (χ0v) is 15.4. The van der Waals surface area contributed by atoms with Crippen LogP contribution in [0.4, 0.5) is 5.69 Å². The number of hydrogen-bond acceptors (Lipinski definition) is 3. The molecule has 0 aliphatic heterocycles. The summed E-state index contributed by atoms with van der Waals surface area (Å²) in [6, 6.07) is 9.32. The third-order valence-electron chi connectivity index (χ3n) is 3.01. The first-order valence-electron chi connectivity index (χ1n) is 6.66. The van der Waals surface area contributed by atoms with Gasteiger partial charge in [-0.2, -0.15) is 0 Å². The van der Waals surface area contributed by atoms with Gasteiger partial charge in [-0.3, -0.25) is 0 Å². The fraction of sp³-hybridized carbons (Fsp3) is 0.176. The number of rotatable bonds is 6. The molecule has 0 spiro atoms. The quantitative estimate of drug-likeness (QED) is 0.643. The first-order chi connectivity index (χ1) is 11.0. The van der Waals surface area contributed by atoms with Crippen LogP contribution in [0.2, 0.25) is 10.0 Å². The predicted octanol–water partition coefficient (Wildman–Crippen LogP) is 5.39. The van der Waals surface area contributed by atoms with Crippen molar-refractivity contribution in [3.63, 3.8) is 0 Å². The van der Waals surface area contributed by atoms with Gasteiger partial charge >= 0.3 is 0 Å². The van der Waals surface area contributed by atoms with E-state index in [9.17, 15) is 0 Å². The fourth-order valence-corrected chi connectivity index (χ4v) is 2.65. The summed E-state index contributed by atoms with van der Waals surface area (Å²) in [5.74, 6) is 3.39. The summed E-state index contributed by atoms with van der Waals surface area (Å²) in [4.78, 5) is 0. The molecule has 0 heterocycles. The summed E-state index contributed by atoms with van der Waals surface area (Å²) in [6.07, 6.45) is 5.20. The number of anilines is 1. The largest absolute Gasteiger partial charge is 0.493 e. The van der Waals surface area contributed by atoms with Gasteiger partial charge < -0.3 is 14.8 Å². The van der Waals surface area contributed by atoms with Gasteiger partial charge in [-0.1, -0.05) is 29.1 Å². The van der Waals surface area contributed by atoms with Crippen molar-refractivity contribution in [2.24, 2.45) is 0 Å². The minimum absolute atomic E-state index is 0.130. The summed E-state index contributed by atoms with van der Waals surface area (Å²) in [5, 5.41) is 4.37. The molecule has 0 saturated carbocycles. The summed E-state index contributed by atoms with van der Waals surface area (Å²) < 4.78 is 11.6. The average Bonchev–Trinajstić information content (AvgIpc) is 2.54. The molecule has 1 N–H and O–H groups in total. The molecule has 2 rings (SSSR count). The van der Waals surface area contributed by atoms with Gasteiger partial charge in [0.25, 0.3) is 0 Å². The van der Waals surface area contributed by atoms with Gasteiger partial charge in [0, 0.05) is 16.7 Å². The van der Waals surface area contributed by atoms with Crippen LogP contribution in [0, 0.1) is 12.3 Å². The first kappa shape index (κ1) is 17.8. The maximum atomic E-state index is 6.25. The molecule has 6 heteroatoms. The van der Waals surface area contributed by atoms with Gasteiger partial charge in [0.15, 0.2) is 11.5 Å². The van der Waals surface area contributed by atoms with Gasteiger partial charge in [0.1, 0.15) is 6.61 Å². The minimum Gasteiger partial charge on any atom is -0.493 e. The second kappa shape index (κ2) is 8.35. The lowest BCUT2D eigenvalue weighted by Gasteiger charge is -2.14. The lowest BCUT2D eigenvalue weighted by molar-refractivity contribution is 0.331. The lowest BCUT2D eigenvalue weighted by atomic mass is 10.2. The molecule has 0 fully saturated rings. The molecular weight excluding hydrogens is 401 g/mol. The zero-order chi connectivity index (χ0) is 16.8. The standard InChI is InChI=1S/C17H14BrCl2NO2/c1-3-6-23-17-15(20)7-11(8-16(17)22-2)10-21-12-4-5-13(18)14(19)9-12/h1,4-5,7-9,21H,6,10H2,2H3. The van der Waals surface area contributed by atoms with Crippen molar-refractivity contribution in [3.8, 4) is 23.8 Å². The van der Waals surface area contributed by atoms with Crippen LogP contribution in [0.1, 0.15) is 5.56 Å². The van der Waals surface area contributed by atoms with E-state index in [2.05, 4.69) is 27.2 Å². The highest BCUT2D eigenvalue weighted by Crippen LogP contribution is 2.36. The minimum atomic E-state index is 0.130. The van der Waals surface area contributed by atoms with Crippen LogP contribution in [0.15, 0.2) is 34.8 Å². The highest BCUT2D eigenvalue weighted by Gasteiger charge is 2.12. The van der Waals surface area contributed by atoms with Crippen LogP contribution in [0.5, 0.6) is 11.5 Å². The summed E-state index contributed by atoms with van der Waals surface area (Å²) >= 11 is 15.7. The molecule has 0 atom stereocenters. The van der Waals surface area contributed by atoms with Crippen molar-refractivity contribution in [1.82, 2.24) is 0 Å². The van der Waals surface area contributed by atoms with E-state index in [-0.39, 0.29) is 6.61 Å². The molecule has 0 amide bonds. The Morgan fingerprint density at radius 3 is 2.65 bits per heavy atom. The SMILES string of the molecule is C#CCOc1c(Cl)cc(CNc2ccc(Br)c(Cl)c2)cc1OC. The second-order valence-corrected chi connectivity index (χ2v) is 6.25. The van der Waals surface area contributed by atoms with Gasteiger partial charge in [-0.25, -0.2) is 0 Å². The number of terminal acetylenes is 1. The van der Waals surface area contributed by atoms with E-state index in [4.69, 9.17) is 39.1 Å². The molecule has 23 heavy (non-hydrogen) atoms. The fourth-order valence-electron chi connectivity index (χ4n) is 1.94. The molecule has 2 aromatic rings. The van der Waals surface area contributed by atoms with Gasteiger partial charge in [0.2, 0.25) is 0 Å². The normalized spacial score (nSPS) is 10.0. The van der Waals surface area contributed by atoms with Crippen LogP contribution in [-0.2, 0) is 6.54 Å². The summed E-state index contributed by atoms with van der Waals surface area (Å²) in [5.41, 5.74) is 1.85. The predicted molar refractivity (Wildman–Crippen MR) is 98.8 cm³/mol. The van der Waals surface area contributed by atoms with Crippen molar-refractivity contribution in [1.29, 1.82) is 0 Å². The zero-order valence-electron chi connectivity index (χ0n) is 12.3. The number of methoxy groups -OCH3 is 1. The van der Waals surface area contributed by atoms with Crippen molar-refractivity contribution in [3.05, 3.63) is 50.4 Å². The monoisotopic (exact) mass is 413 g/mol. The highest BCUT2D eigenvalue weighted by atomic mass is 79.9. The van der Waals surface area contributed by atoms with Crippen molar-refractivity contribution in [2.75, 3.05) is 19.0 Å². The van der Waals surface area contributed by atoms with Crippen LogP contribution in [0.25, 0.3) is 0 Å². The third kappa shape index (κ3) is 4.71. The molecule has 2 aromatic carbocycles. The molecule has 0 bridgehead atoms. The van der Waals surface area contributed by atoms with E-state index in [1.54, 1.807) is 7.11 Å². The first-order valence-corrected chi connectivity index (χ1v) is 8.21. The van der Waals surface area contributed by atoms with E-state index in [1.807, 2.05) is 30.3 Å². The van der Waals surface area contributed by atoms with E-state index >= 15 is 0 Å². The molecule has 0 unspecified atom stereocenters. The molecule has 120 valence electrons. The Hall–Kier alpha value is -1.54. The van der Waals surface area contributed by atoms with Gasteiger partial charge in [-0.05, 0) is 51.8 Å². The number of hydrogen-bond donors (Lipinski definition) is 1. The number of ether oxygens (including phenoxy) is 2. The third-order valence-corrected chi connectivity index (χ3v) is 4.52. The molecule has 3 nitrogen and oxygen atoms in total. The maximum absolute atomic E-state index is 6.25. The van der Waals surface area contributed by atoms with Crippen LogP contribution < -0.4 is 14.8 Å². The number of nitrogens with one attached hydrogen (secondary N) is 1. The van der Waals surface area contributed by atoms with Gasteiger partial charge in [-0.15, -0.1) is 6.42 Å². The Labute approximate surface area is 154 Å². The summed E-state index contributed by atoms with van der Waals surface area (Å²) in [7, 11) is 1.56. The van der Waals surface area contributed by atoms with E-state index in [0.717, 1.165) is 15.7 Å². The maximum Gasteiger partial charge on any atom is 0.181 e. The Bertz CT molecular complexity index is 744. The Morgan fingerprint density at radius 2 is 2.00 bits per heavy atom. The molecular formula is C17H14BrCl2NO2. The summed E-state index contributed by atoms with van der Waals surface area (Å²) in [6.45, 7) is 0.689. The lowest BCUT2D eigenvalue weighted by Crippen LogP contribution is -2.02. The van der Waals surface area contributed by atoms with Crippen LogP contribution in [-0.4, -0.2) is 13.7 Å². The van der Waals surface area contributed by atoms with Crippen molar-refractivity contribution >= 4 is 44.8 Å². The van der Waals surface area contributed by atoms with E-state index < -0.39 is 0 Å². The van der Waals surface area contributed by atoms with Crippen LogP contribution in [0.3, 0.4) is 0 Å². The van der Waals surface area contributed by atoms with Gasteiger partial charge in [0.05, 0.1) is 17.2 Å². The van der Waals surface area contributed by atoms with Crippen LogP contribution >= 0.6 is 39.1 Å². The van der Waals surface area contributed by atoms with Crippen molar-refractivity contribution in [2.45, 2.75) is 6.54 Å². The molecule has 0 aromatic heterocycles. The average molecular weight is 415 g/mol.